The maximum atomic E-state index is 12.2. The highest BCUT2D eigenvalue weighted by atomic mass is 79.9. The first-order valence-electron chi connectivity index (χ1n) is 6.95. The van der Waals surface area contributed by atoms with E-state index >= 15 is 0 Å². The first-order chi connectivity index (χ1) is 11.1. The Morgan fingerprint density at radius 1 is 1.22 bits per heavy atom. The van der Waals surface area contributed by atoms with E-state index in [1.54, 1.807) is 10.3 Å². The molecule has 0 fully saturated rings. The van der Waals surface area contributed by atoms with Crippen LogP contribution >= 0.6 is 27.7 Å². The average molecular weight is 387 g/mol. The number of halogens is 1. The number of nitrogens with zero attached hydrogens (tertiary/aromatic N) is 2. The van der Waals surface area contributed by atoms with E-state index in [1.807, 2.05) is 60.0 Å². The zero-order valence-electron chi connectivity index (χ0n) is 12.6. The van der Waals surface area contributed by atoms with Gasteiger partial charge in [0.05, 0.1) is 12.2 Å². The van der Waals surface area contributed by atoms with E-state index in [0.717, 1.165) is 33.1 Å². The van der Waals surface area contributed by atoms with Crippen molar-refractivity contribution in [2.24, 2.45) is 0 Å². The monoisotopic (exact) mass is 386 g/mol. The summed E-state index contributed by atoms with van der Waals surface area (Å²) < 4.78 is 0.951. The number of thiocyanates is 1. The number of benzene rings is 2. The van der Waals surface area contributed by atoms with Crippen molar-refractivity contribution in [2.45, 2.75) is 13.5 Å². The molecule has 2 rings (SSSR count). The van der Waals surface area contributed by atoms with Crippen LogP contribution in [0.2, 0.25) is 0 Å². The Kier molecular flexibility index (Phi) is 6.45. The Labute approximate surface area is 148 Å². The second-order valence-electron chi connectivity index (χ2n) is 4.77. The van der Waals surface area contributed by atoms with E-state index < -0.39 is 0 Å². The highest BCUT2D eigenvalue weighted by molar-refractivity contribution is 9.10. The highest BCUT2D eigenvalue weighted by Crippen LogP contribution is 2.27. The molecule has 0 saturated carbocycles. The lowest BCUT2D eigenvalue weighted by Crippen LogP contribution is -2.26. The molecule has 2 aromatic carbocycles. The Balaban J connectivity index is 2.42. The number of carbonyl (C=O) groups is 1. The third-order valence-corrected chi connectivity index (χ3v) is 4.47. The Hall–Kier alpha value is -2.03. The number of carbonyl (C=O) groups excluding carboxylic acids is 1. The molecule has 0 aliphatic rings. The van der Waals surface area contributed by atoms with Crippen molar-refractivity contribution in [3.63, 3.8) is 0 Å². The van der Waals surface area contributed by atoms with Crippen molar-refractivity contribution in [1.82, 2.24) is 4.90 Å². The molecule has 0 aliphatic heterocycles. The SMILES string of the molecule is CC(=O)N(Cc1ccccc1Br)C(=CSC#N)c1ccccc1. The Morgan fingerprint density at radius 3 is 2.48 bits per heavy atom. The van der Waals surface area contributed by atoms with Crippen LogP contribution in [-0.4, -0.2) is 10.8 Å². The minimum atomic E-state index is -0.0746. The minimum absolute atomic E-state index is 0.0746. The van der Waals surface area contributed by atoms with E-state index in [4.69, 9.17) is 5.26 Å². The fourth-order valence-corrected chi connectivity index (χ4v) is 2.98. The molecule has 2 aromatic rings. The molecule has 0 spiro atoms. The fraction of sp³-hybridized carbons (Fsp3) is 0.111. The molecule has 116 valence electrons. The van der Waals surface area contributed by atoms with Gasteiger partial charge in [-0.2, -0.15) is 5.26 Å². The summed E-state index contributed by atoms with van der Waals surface area (Å²) in [5.74, 6) is -0.0746. The van der Waals surface area contributed by atoms with Gasteiger partial charge in [0.2, 0.25) is 5.91 Å². The van der Waals surface area contributed by atoms with Crippen molar-refractivity contribution < 1.29 is 4.79 Å². The Bertz CT molecular complexity index is 753. The molecule has 0 atom stereocenters. The van der Waals surface area contributed by atoms with Gasteiger partial charge in [0.15, 0.2) is 0 Å². The number of rotatable bonds is 5. The van der Waals surface area contributed by atoms with Crippen LogP contribution in [0, 0.1) is 10.7 Å². The van der Waals surface area contributed by atoms with E-state index in [-0.39, 0.29) is 5.91 Å². The van der Waals surface area contributed by atoms with Crippen molar-refractivity contribution in [3.8, 4) is 5.40 Å². The predicted molar refractivity (Wildman–Crippen MR) is 98.0 cm³/mol. The van der Waals surface area contributed by atoms with Crippen LogP contribution in [0.25, 0.3) is 5.70 Å². The topological polar surface area (TPSA) is 44.1 Å². The minimum Gasteiger partial charge on any atom is -0.307 e. The zero-order valence-corrected chi connectivity index (χ0v) is 15.0. The van der Waals surface area contributed by atoms with E-state index in [2.05, 4.69) is 15.9 Å². The molecular formula is C18H15BrN2OS. The van der Waals surface area contributed by atoms with E-state index in [0.29, 0.717) is 6.54 Å². The molecule has 1 amide bonds. The van der Waals surface area contributed by atoms with Gasteiger partial charge in [-0.15, -0.1) is 0 Å². The molecule has 0 unspecified atom stereocenters. The number of amides is 1. The standard InChI is InChI=1S/C18H15BrN2OS/c1-14(22)21(11-16-9-5-6-10-17(16)19)18(12-23-13-20)15-7-3-2-4-8-15/h2-10,12H,11H2,1H3. The third kappa shape index (κ3) is 4.72. The zero-order chi connectivity index (χ0) is 16.7. The van der Waals surface area contributed by atoms with Gasteiger partial charge in [-0.1, -0.05) is 64.5 Å². The van der Waals surface area contributed by atoms with Crippen LogP contribution in [0.15, 0.2) is 64.5 Å². The summed E-state index contributed by atoms with van der Waals surface area (Å²) in [5.41, 5.74) is 2.63. The third-order valence-electron chi connectivity index (χ3n) is 3.25. The van der Waals surface area contributed by atoms with Gasteiger partial charge in [-0.25, -0.2) is 0 Å². The van der Waals surface area contributed by atoms with Crippen LogP contribution in [0.4, 0.5) is 0 Å². The molecule has 0 N–H and O–H groups in total. The lowest BCUT2D eigenvalue weighted by atomic mass is 10.1. The van der Waals surface area contributed by atoms with Crippen LogP contribution in [0.3, 0.4) is 0 Å². The first kappa shape index (κ1) is 17.3. The predicted octanol–water partition coefficient (Wildman–Crippen LogP) is 5.01. The van der Waals surface area contributed by atoms with Gasteiger partial charge < -0.3 is 4.90 Å². The van der Waals surface area contributed by atoms with Crippen molar-refractivity contribution >= 4 is 39.3 Å². The molecular weight excluding hydrogens is 372 g/mol. The molecule has 0 saturated heterocycles. The van der Waals surface area contributed by atoms with Gasteiger partial charge in [0.25, 0.3) is 0 Å². The maximum absolute atomic E-state index is 12.2. The summed E-state index contributed by atoms with van der Waals surface area (Å²) in [6, 6.07) is 17.4. The molecule has 0 bridgehead atoms. The number of hydrogen-bond acceptors (Lipinski definition) is 3. The number of hydrogen-bond donors (Lipinski definition) is 0. The average Bonchev–Trinajstić information content (AvgIpc) is 2.56. The largest absolute Gasteiger partial charge is 0.307 e. The van der Waals surface area contributed by atoms with E-state index in [1.165, 1.54) is 6.92 Å². The summed E-state index contributed by atoms with van der Waals surface area (Å²) in [6.45, 7) is 1.97. The van der Waals surface area contributed by atoms with Crippen LogP contribution in [0.1, 0.15) is 18.1 Å². The summed E-state index contributed by atoms with van der Waals surface area (Å²) in [7, 11) is 0. The summed E-state index contributed by atoms with van der Waals surface area (Å²) in [6.07, 6.45) is 0. The molecule has 0 heterocycles. The Morgan fingerprint density at radius 2 is 1.87 bits per heavy atom. The van der Waals surface area contributed by atoms with E-state index in [9.17, 15) is 4.79 Å². The van der Waals surface area contributed by atoms with Gasteiger partial charge >= 0.3 is 0 Å². The van der Waals surface area contributed by atoms with Crippen LogP contribution in [0.5, 0.6) is 0 Å². The van der Waals surface area contributed by atoms with Crippen molar-refractivity contribution in [2.75, 3.05) is 0 Å². The second-order valence-corrected chi connectivity index (χ2v) is 6.28. The van der Waals surface area contributed by atoms with Crippen LogP contribution < -0.4 is 0 Å². The summed E-state index contributed by atoms with van der Waals surface area (Å²) in [5, 5.41) is 12.6. The smallest absolute Gasteiger partial charge is 0.224 e. The van der Waals surface area contributed by atoms with Gasteiger partial charge in [-0.3, -0.25) is 4.79 Å². The molecule has 0 radical (unpaired) electrons. The quantitative estimate of drug-likeness (QED) is 0.678. The van der Waals surface area contributed by atoms with Crippen molar-refractivity contribution in [3.05, 3.63) is 75.6 Å². The van der Waals surface area contributed by atoms with Crippen molar-refractivity contribution in [1.29, 1.82) is 5.26 Å². The lowest BCUT2D eigenvalue weighted by Gasteiger charge is -2.25. The highest BCUT2D eigenvalue weighted by Gasteiger charge is 2.17. The van der Waals surface area contributed by atoms with Gasteiger partial charge in [0, 0.05) is 16.8 Å². The lowest BCUT2D eigenvalue weighted by molar-refractivity contribution is -0.126. The first-order valence-corrected chi connectivity index (χ1v) is 8.62. The summed E-state index contributed by atoms with van der Waals surface area (Å²) in [4.78, 5) is 13.9. The van der Waals surface area contributed by atoms with Crippen LogP contribution in [-0.2, 0) is 11.3 Å². The molecule has 0 aliphatic carbocycles. The normalized spacial score (nSPS) is 10.9. The molecule has 0 aromatic heterocycles. The second kappa shape index (κ2) is 8.56. The number of nitriles is 1. The number of thioether (sulfide) groups is 1. The van der Waals surface area contributed by atoms with Gasteiger partial charge in [0.1, 0.15) is 5.40 Å². The molecule has 23 heavy (non-hydrogen) atoms. The molecule has 3 nitrogen and oxygen atoms in total. The maximum Gasteiger partial charge on any atom is 0.224 e. The molecule has 5 heteroatoms. The summed E-state index contributed by atoms with van der Waals surface area (Å²) >= 11 is 4.53. The van der Waals surface area contributed by atoms with Gasteiger partial charge in [-0.05, 0) is 29.0 Å². The fourth-order valence-electron chi connectivity index (χ4n) is 2.14.